The van der Waals surface area contributed by atoms with E-state index < -0.39 is 0 Å². The summed E-state index contributed by atoms with van der Waals surface area (Å²) in [4.78, 5) is 0. The Hall–Kier alpha value is -1.38. The highest BCUT2D eigenvalue weighted by atomic mass is 35.5. The number of ether oxygens (including phenoxy) is 1. The largest absolute Gasteiger partial charge is 0.481 e. The first-order valence-corrected chi connectivity index (χ1v) is 6.86. The Kier molecular flexibility index (Phi) is 3.29. The molecule has 0 saturated carbocycles. The standard InChI is InChI=1S/C15H13Cl2NO/c1-9-3-2-4-13-15(9)19-14(8-18-13)11-6-5-10(16)7-12(11)17/h2-7,14,18H,8H2,1H3. The van der Waals surface area contributed by atoms with Crippen molar-refractivity contribution >= 4 is 28.9 Å². The quantitative estimate of drug-likeness (QED) is 0.812. The summed E-state index contributed by atoms with van der Waals surface area (Å²) in [5.74, 6) is 0.893. The van der Waals surface area contributed by atoms with E-state index >= 15 is 0 Å². The maximum atomic E-state index is 6.24. The van der Waals surface area contributed by atoms with Gasteiger partial charge >= 0.3 is 0 Å². The van der Waals surface area contributed by atoms with Crippen molar-refractivity contribution < 1.29 is 4.74 Å². The number of hydrogen-bond donors (Lipinski definition) is 1. The molecule has 0 fully saturated rings. The number of rotatable bonds is 1. The second-order valence-corrected chi connectivity index (χ2v) is 5.45. The van der Waals surface area contributed by atoms with E-state index in [0.29, 0.717) is 16.6 Å². The molecule has 98 valence electrons. The molecule has 0 bridgehead atoms. The van der Waals surface area contributed by atoms with Gasteiger partial charge in [-0.15, -0.1) is 0 Å². The predicted molar refractivity (Wildman–Crippen MR) is 79.5 cm³/mol. The van der Waals surface area contributed by atoms with Gasteiger partial charge in [-0.25, -0.2) is 0 Å². The van der Waals surface area contributed by atoms with Crippen LogP contribution in [0.4, 0.5) is 5.69 Å². The molecule has 3 rings (SSSR count). The van der Waals surface area contributed by atoms with Crippen molar-refractivity contribution in [3.05, 3.63) is 57.6 Å². The maximum Gasteiger partial charge on any atom is 0.146 e. The molecule has 0 aliphatic carbocycles. The number of benzene rings is 2. The first kappa shape index (κ1) is 12.6. The normalized spacial score (nSPS) is 17.3. The number of aryl methyl sites for hydroxylation is 1. The van der Waals surface area contributed by atoms with Crippen molar-refractivity contribution in [3.63, 3.8) is 0 Å². The zero-order valence-electron chi connectivity index (χ0n) is 10.4. The van der Waals surface area contributed by atoms with Gasteiger partial charge in [0, 0.05) is 15.6 Å². The zero-order valence-corrected chi connectivity index (χ0v) is 11.9. The summed E-state index contributed by atoms with van der Waals surface area (Å²) < 4.78 is 6.08. The molecule has 0 saturated heterocycles. The Morgan fingerprint density at radius 3 is 2.84 bits per heavy atom. The zero-order chi connectivity index (χ0) is 13.4. The summed E-state index contributed by atoms with van der Waals surface area (Å²) in [6.07, 6.45) is -0.0987. The third-order valence-electron chi connectivity index (χ3n) is 3.26. The third kappa shape index (κ3) is 2.38. The molecule has 2 aromatic carbocycles. The van der Waals surface area contributed by atoms with Crippen molar-refractivity contribution in [3.8, 4) is 5.75 Å². The minimum absolute atomic E-state index is 0.0987. The predicted octanol–water partition coefficient (Wildman–Crippen LogP) is 4.85. The van der Waals surface area contributed by atoms with Gasteiger partial charge < -0.3 is 10.1 Å². The van der Waals surface area contributed by atoms with Gasteiger partial charge in [-0.05, 0) is 30.7 Å². The van der Waals surface area contributed by atoms with Gasteiger partial charge in [0.25, 0.3) is 0 Å². The van der Waals surface area contributed by atoms with Crippen LogP contribution >= 0.6 is 23.2 Å². The summed E-state index contributed by atoms with van der Waals surface area (Å²) in [5, 5.41) is 4.65. The molecule has 0 aromatic heterocycles. The first-order valence-electron chi connectivity index (χ1n) is 6.10. The molecule has 4 heteroatoms. The monoisotopic (exact) mass is 293 g/mol. The van der Waals surface area contributed by atoms with Crippen molar-refractivity contribution in [2.24, 2.45) is 0 Å². The fraction of sp³-hybridized carbons (Fsp3) is 0.200. The summed E-state index contributed by atoms with van der Waals surface area (Å²) in [6.45, 7) is 2.73. The van der Waals surface area contributed by atoms with E-state index in [-0.39, 0.29) is 6.10 Å². The number of fused-ring (bicyclic) bond motifs is 1. The SMILES string of the molecule is Cc1cccc2c1OC(c1ccc(Cl)cc1Cl)CN2. The van der Waals surface area contributed by atoms with Crippen LogP contribution in [-0.4, -0.2) is 6.54 Å². The van der Waals surface area contributed by atoms with E-state index in [1.54, 1.807) is 6.07 Å². The molecule has 1 aliphatic rings. The average Bonchev–Trinajstić information content (AvgIpc) is 2.39. The Morgan fingerprint density at radius 1 is 1.21 bits per heavy atom. The molecule has 2 nitrogen and oxygen atoms in total. The molecule has 0 radical (unpaired) electrons. The number of nitrogens with one attached hydrogen (secondary N) is 1. The minimum atomic E-state index is -0.0987. The van der Waals surface area contributed by atoms with Crippen LogP contribution in [0.1, 0.15) is 17.2 Å². The summed E-state index contributed by atoms with van der Waals surface area (Å²) in [7, 11) is 0. The van der Waals surface area contributed by atoms with E-state index in [9.17, 15) is 0 Å². The molecule has 0 amide bonds. The van der Waals surface area contributed by atoms with E-state index in [1.165, 1.54) is 0 Å². The second kappa shape index (κ2) is 4.95. The van der Waals surface area contributed by atoms with E-state index in [4.69, 9.17) is 27.9 Å². The van der Waals surface area contributed by atoms with Crippen LogP contribution in [0.2, 0.25) is 10.0 Å². The van der Waals surface area contributed by atoms with Crippen LogP contribution in [0.15, 0.2) is 36.4 Å². The number of hydrogen-bond acceptors (Lipinski definition) is 2. The molecule has 1 N–H and O–H groups in total. The highest BCUT2D eigenvalue weighted by Crippen LogP contribution is 2.38. The van der Waals surface area contributed by atoms with Crippen LogP contribution in [0.25, 0.3) is 0 Å². The van der Waals surface area contributed by atoms with Gasteiger partial charge in [0.1, 0.15) is 11.9 Å². The number of para-hydroxylation sites is 1. The van der Waals surface area contributed by atoms with Crippen molar-refractivity contribution in [2.45, 2.75) is 13.0 Å². The molecule has 1 heterocycles. The molecular weight excluding hydrogens is 281 g/mol. The van der Waals surface area contributed by atoms with E-state index in [0.717, 1.165) is 22.6 Å². The molecule has 19 heavy (non-hydrogen) atoms. The van der Waals surface area contributed by atoms with Crippen LogP contribution in [0, 0.1) is 6.92 Å². The first-order chi connectivity index (χ1) is 9.15. The lowest BCUT2D eigenvalue weighted by Gasteiger charge is -2.29. The fourth-order valence-electron chi connectivity index (χ4n) is 2.27. The highest BCUT2D eigenvalue weighted by molar-refractivity contribution is 6.35. The van der Waals surface area contributed by atoms with Crippen LogP contribution in [0.3, 0.4) is 0 Å². The summed E-state index contributed by atoms with van der Waals surface area (Å²) in [6, 6.07) is 11.6. The topological polar surface area (TPSA) is 21.3 Å². The Labute approximate surface area is 122 Å². The fourth-order valence-corrected chi connectivity index (χ4v) is 2.80. The summed E-state index contributed by atoms with van der Waals surface area (Å²) >= 11 is 12.2. The lowest BCUT2D eigenvalue weighted by molar-refractivity contribution is 0.209. The number of anilines is 1. The molecular formula is C15H13Cl2NO. The smallest absolute Gasteiger partial charge is 0.146 e. The molecule has 1 aliphatic heterocycles. The third-order valence-corrected chi connectivity index (χ3v) is 3.82. The lowest BCUT2D eigenvalue weighted by atomic mass is 10.1. The second-order valence-electron chi connectivity index (χ2n) is 4.60. The van der Waals surface area contributed by atoms with Crippen LogP contribution < -0.4 is 10.1 Å². The molecule has 2 aromatic rings. The van der Waals surface area contributed by atoms with E-state index in [1.807, 2.05) is 37.3 Å². The molecule has 1 unspecified atom stereocenters. The highest BCUT2D eigenvalue weighted by Gasteiger charge is 2.23. The Bertz CT molecular complexity index is 628. The van der Waals surface area contributed by atoms with Crippen molar-refractivity contribution in [2.75, 3.05) is 11.9 Å². The van der Waals surface area contributed by atoms with Crippen molar-refractivity contribution in [1.29, 1.82) is 0 Å². The minimum Gasteiger partial charge on any atom is -0.481 e. The maximum absolute atomic E-state index is 6.24. The average molecular weight is 294 g/mol. The van der Waals surface area contributed by atoms with E-state index in [2.05, 4.69) is 5.32 Å². The number of halogens is 2. The van der Waals surface area contributed by atoms with Crippen LogP contribution in [-0.2, 0) is 0 Å². The van der Waals surface area contributed by atoms with Gasteiger partial charge in [0.05, 0.1) is 12.2 Å². The van der Waals surface area contributed by atoms with Gasteiger partial charge in [-0.3, -0.25) is 0 Å². The Morgan fingerprint density at radius 2 is 2.05 bits per heavy atom. The molecule has 0 spiro atoms. The van der Waals surface area contributed by atoms with Gasteiger partial charge in [-0.2, -0.15) is 0 Å². The summed E-state index contributed by atoms with van der Waals surface area (Å²) in [5.41, 5.74) is 3.09. The van der Waals surface area contributed by atoms with Gasteiger partial charge in [-0.1, -0.05) is 41.4 Å². The van der Waals surface area contributed by atoms with Gasteiger partial charge in [0.2, 0.25) is 0 Å². The van der Waals surface area contributed by atoms with Crippen molar-refractivity contribution in [1.82, 2.24) is 0 Å². The molecule has 1 atom stereocenters. The van der Waals surface area contributed by atoms with Crippen LogP contribution in [0.5, 0.6) is 5.75 Å². The van der Waals surface area contributed by atoms with Gasteiger partial charge in [0.15, 0.2) is 0 Å². The lowest BCUT2D eigenvalue weighted by Crippen LogP contribution is -2.24. The Balaban J connectivity index is 1.95.